The molecule has 8 nitrogen and oxygen atoms in total. The minimum Gasteiger partial charge on any atom is -0.493 e. The molecular weight excluding hydrogens is 324 g/mol. The summed E-state index contributed by atoms with van der Waals surface area (Å²) in [5.41, 5.74) is 2.44. The molecule has 0 fully saturated rings. The van der Waals surface area contributed by atoms with E-state index in [4.69, 9.17) is 14.1 Å². The Balaban J connectivity index is 1.84. The summed E-state index contributed by atoms with van der Waals surface area (Å²) in [6.07, 6.45) is 2.12. The molecule has 1 aromatic heterocycles. The lowest BCUT2D eigenvalue weighted by Gasteiger charge is -2.25. The van der Waals surface area contributed by atoms with Crippen LogP contribution in [0.25, 0.3) is 0 Å². The molecule has 1 aliphatic heterocycles. The van der Waals surface area contributed by atoms with Crippen molar-refractivity contribution in [2.75, 3.05) is 24.9 Å². The van der Waals surface area contributed by atoms with Gasteiger partial charge in [0.25, 0.3) is 0 Å². The van der Waals surface area contributed by atoms with Gasteiger partial charge in [0.15, 0.2) is 17.3 Å². The number of allylic oxidation sites excluding steroid dienone is 1. The van der Waals surface area contributed by atoms with Crippen molar-refractivity contribution < 1.29 is 18.9 Å². The molecule has 25 heavy (non-hydrogen) atoms. The van der Waals surface area contributed by atoms with E-state index >= 15 is 0 Å². The number of ether oxygens (including phenoxy) is 2. The molecule has 8 heteroatoms. The maximum Gasteiger partial charge on any atom is 0.219 e. The summed E-state index contributed by atoms with van der Waals surface area (Å²) in [4.78, 5) is 12.7. The standard InChI is InChI=1S/C17H18N4O4/c1-23-12-7-6-9(8-13(12)24-2)15-14-10(4-3-5-11(14)22)18-16-17(19-15)21-25-20-16/h6-8,15H,3-5H2,1-2H3,(H,18,20)(H,19,21)/t15-/m1/s1. The first-order valence-electron chi connectivity index (χ1n) is 8.05. The van der Waals surface area contributed by atoms with Gasteiger partial charge in [0.05, 0.1) is 20.3 Å². The van der Waals surface area contributed by atoms with Gasteiger partial charge >= 0.3 is 0 Å². The van der Waals surface area contributed by atoms with Gasteiger partial charge in [-0.1, -0.05) is 6.07 Å². The lowest BCUT2D eigenvalue weighted by atomic mass is 9.86. The van der Waals surface area contributed by atoms with Gasteiger partial charge in [-0.3, -0.25) is 4.79 Å². The molecule has 0 unspecified atom stereocenters. The van der Waals surface area contributed by atoms with E-state index in [0.29, 0.717) is 35.1 Å². The quantitative estimate of drug-likeness (QED) is 0.878. The van der Waals surface area contributed by atoms with Gasteiger partial charge in [-0.25, -0.2) is 4.63 Å². The molecule has 4 rings (SSSR count). The molecule has 0 spiro atoms. The van der Waals surface area contributed by atoms with Crippen molar-refractivity contribution in [3.05, 3.63) is 35.0 Å². The number of hydrogen-bond acceptors (Lipinski definition) is 8. The van der Waals surface area contributed by atoms with Crippen LogP contribution in [0.5, 0.6) is 11.5 Å². The van der Waals surface area contributed by atoms with Crippen LogP contribution in [0.3, 0.4) is 0 Å². The van der Waals surface area contributed by atoms with Crippen molar-refractivity contribution in [3.63, 3.8) is 0 Å². The molecule has 1 aliphatic carbocycles. The van der Waals surface area contributed by atoms with Crippen LogP contribution < -0.4 is 20.1 Å². The number of anilines is 2. The van der Waals surface area contributed by atoms with Gasteiger partial charge in [-0.15, -0.1) is 0 Å². The summed E-state index contributed by atoms with van der Waals surface area (Å²) in [5.74, 6) is 2.31. The fourth-order valence-corrected chi connectivity index (χ4v) is 3.33. The second-order valence-corrected chi connectivity index (χ2v) is 5.95. The molecule has 0 amide bonds. The second-order valence-electron chi connectivity index (χ2n) is 5.95. The Morgan fingerprint density at radius 1 is 1.12 bits per heavy atom. The third kappa shape index (κ3) is 2.59. The lowest BCUT2D eigenvalue weighted by Crippen LogP contribution is -2.23. The Bertz CT molecular complexity index is 858. The highest BCUT2D eigenvalue weighted by Gasteiger charge is 2.34. The van der Waals surface area contributed by atoms with Crippen LogP contribution >= 0.6 is 0 Å². The van der Waals surface area contributed by atoms with E-state index in [2.05, 4.69) is 20.9 Å². The first kappa shape index (κ1) is 15.5. The molecule has 0 saturated heterocycles. The Hall–Kier alpha value is -3.03. The van der Waals surface area contributed by atoms with E-state index in [1.807, 2.05) is 18.2 Å². The number of rotatable bonds is 3. The summed E-state index contributed by atoms with van der Waals surface area (Å²) in [7, 11) is 3.17. The summed E-state index contributed by atoms with van der Waals surface area (Å²) >= 11 is 0. The van der Waals surface area contributed by atoms with Crippen LogP contribution in [-0.2, 0) is 4.79 Å². The zero-order valence-electron chi connectivity index (χ0n) is 14.0. The molecule has 2 heterocycles. The first-order valence-corrected chi connectivity index (χ1v) is 8.05. The number of benzene rings is 1. The van der Waals surface area contributed by atoms with Crippen molar-refractivity contribution in [2.45, 2.75) is 25.3 Å². The summed E-state index contributed by atoms with van der Waals surface area (Å²) in [5, 5.41) is 14.2. The van der Waals surface area contributed by atoms with Crippen molar-refractivity contribution in [3.8, 4) is 11.5 Å². The van der Waals surface area contributed by atoms with Gasteiger partial charge in [-0.2, -0.15) is 0 Å². The molecule has 1 aromatic carbocycles. The van der Waals surface area contributed by atoms with Crippen LogP contribution in [-0.4, -0.2) is 30.3 Å². The van der Waals surface area contributed by atoms with Crippen LogP contribution in [0.15, 0.2) is 34.1 Å². The maximum atomic E-state index is 12.7. The molecule has 2 N–H and O–H groups in total. The molecule has 0 saturated carbocycles. The zero-order chi connectivity index (χ0) is 17.4. The van der Waals surface area contributed by atoms with Crippen LogP contribution in [0.1, 0.15) is 30.9 Å². The highest BCUT2D eigenvalue weighted by atomic mass is 16.6. The third-order valence-corrected chi connectivity index (χ3v) is 4.52. The number of nitrogens with zero attached hydrogens (tertiary/aromatic N) is 2. The largest absolute Gasteiger partial charge is 0.493 e. The number of fused-ring (bicyclic) bond motifs is 1. The molecule has 130 valence electrons. The number of hydrogen-bond donors (Lipinski definition) is 2. The predicted octanol–water partition coefficient (Wildman–Crippen LogP) is 2.67. The van der Waals surface area contributed by atoms with E-state index in [0.717, 1.165) is 24.1 Å². The number of Topliss-reactive ketones (excluding diaryl/α,β-unsaturated/α-hetero) is 1. The normalized spacial score (nSPS) is 19.3. The van der Waals surface area contributed by atoms with Crippen molar-refractivity contribution in [1.82, 2.24) is 10.3 Å². The molecule has 0 radical (unpaired) electrons. The highest BCUT2D eigenvalue weighted by Crippen LogP contribution is 2.41. The Morgan fingerprint density at radius 2 is 1.92 bits per heavy atom. The van der Waals surface area contributed by atoms with E-state index in [9.17, 15) is 4.79 Å². The average Bonchev–Trinajstić information content (AvgIpc) is 3.00. The Kier molecular flexibility index (Phi) is 3.79. The molecule has 0 bridgehead atoms. The fourth-order valence-electron chi connectivity index (χ4n) is 3.33. The zero-order valence-corrected chi connectivity index (χ0v) is 14.0. The Labute approximate surface area is 144 Å². The summed E-state index contributed by atoms with van der Waals surface area (Å²) in [6, 6.07) is 5.22. The number of nitrogens with one attached hydrogen (secondary N) is 2. The number of carbonyl (C=O) groups is 1. The summed E-state index contributed by atoms with van der Waals surface area (Å²) in [6.45, 7) is 0. The van der Waals surface area contributed by atoms with Crippen LogP contribution in [0.4, 0.5) is 11.6 Å². The Morgan fingerprint density at radius 3 is 2.72 bits per heavy atom. The smallest absolute Gasteiger partial charge is 0.219 e. The fraction of sp³-hybridized carbons (Fsp3) is 0.353. The van der Waals surface area contributed by atoms with Crippen LogP contribution in [0.2, 0.25) is 0 Å². The predicted molar refractivity (Wildman–Crippen MR) is 89.7 cm³/mol. The van der Waals surface area contributed by atoms with Gasteiger partial charge in [0, 0.05) is 17.7 Å². The number of methoxy groups -OCH3 is 2. The maximum absolute atomic E-state index is 12.7. The van der Waals surface area contributed by atoms with E-state index in [1.54, 1.807) is 14.2 Å². The van der Waals surface area contributed by atoms with Crippen molar-refractivity contribution in [1.29, 1.82) is 0 Å². The SMILES string of the molecule is COc1ccc([C@H]2Nc3nonc3NC3=C2C(=O)CCC3)cc1OC. The number of ketones is 1. The molecular formula is C17H18N4O4. The minimum absolute atomic E-state index is 0.114. The van der Waals surface area contributed by atoms with E-state index in [-0.39, 0.29) is 11.8 Å². The second kappa shape index (κ2) is 6.12. The van der Waals surface area contributed by atoms with Crippen molar-refractivity contribution in [2.24, 2.45) is 0 Å². The van der Waals surface area contributed by atoms with Crippen LogP contribution in [0, 0.1) is 0 Å². The molecule has 1 atom stereocenters. The van der Waals surface area contributed by atoms with Gasteiger partial charge in [-0.05, 0) is 40.9 Å². The average molecular weight is 342 g/mol. The number of carbonyl (C=O) groups excluding carboxylic acids is 1. The van der Waals surface area contributed by atoms with Gasteiger partial charge in [0.2, 0.25) is 11.6 Å². The third-order valence-electron chi connectivity index (χ3n) is 4.52. The lowest BCUT2D eigenvalue weighted by molar-refractivity contribution is -0.116. The topological polar surface area (TPSA) is 98.5 Å². The number of aromatic nitrogens is 2. The van der Waals surface area contributed by atoms with Crippen molar-refractivity contribution >= 4 is 17.4 Å². The van der Waals surface area contributed by atoms with E-state index < -0.39 is 0 Å². The minimum atomic E-state index is -0.372. The highest BCUT2D eigenvalue weighted by molar-refractivity contribution is 6.00. The molecule has 2 aromatic rings. The van der Waals surface area contributed by atoms with E-state index in [1.165, 1.54) is 0 Å². The van der Waals surface area contributed by atoms with Gasteiger partial charge < -0.3 is 20.1 Å². The monoisotopic (exact) mass is 342 g/mol. The van der Waals surface area contributed by atoms with Gasteiger partial charge in [0.1, 0.15) is 0 Å². The summed E-state index contributed by atoms with van der Waals surface area (Å²) < 4.78 is 15.5. The first-order chi connectivity index (χ1) is 12.2. The molecule has 2 aliphatic rings.